The average molecular weight is 459 g/mol. The van der Waals surface area contributed by atoms with Crippen molar-refractivity contribution in [1.29, 1.82) is 0 Å². The van der Waals surface area contributed by atoms with Crippen LogP contribution in [-0.2, 0) is 4.79 Å². The third kappa shape index (κ3) is 5.12. The van der Waals surface area contributed by atoms with Crippen LogP contribution in [0.25, 0.3) is 17.1 Å². The van der Waals surface area contributed by atoms with Crippen molar-refractivity contribution >= 4 is 29.1 Å². The molecule has 0 atom stereocenters. The maximum Gasteiger partial charge on any atom is 0.234 e. The number of aromatic nitrogens is 3. The van der Waals surface area contributed by atoms with Gasteiger partial charge in [-0.1, -0.05) is 54.2 Å². The van der Waals surface area contributed by atoms with Gasteiger partial charge in [0.2, 0.25) is 5.91 Å². The molecule has 1 heterocycles. The van der Waals surface area contributed by atoms with Crippen LogP contribution < -0.4 is 10.1 Å². The predicted octanol–water partition coefficient (Wildman–Crippen LogP) is 4.88. The van der Waals surface area contributed by atoms with E-state index in [0.717, 1.165) is 11.3 Å². The van der Waals surface area contributed by atoms with Crippen LogP contribution in [0.3, 0.4) is 0 Å². The van der Waals surface area contributed by atoms with E-state index in [-0.39, 0.29) is 17.4 Å². The van der Waals surface area contributed by atoms with Crippen LogP contribution in [0.15, 0.2) is 84.0 Å². The number of carbonyl (C=O) groups is 2. The number of benzene rings is 3. The zero-order chi connectivity index (χ0) is 23.2. The molecule has 0 saturated carbocycles. The van der Waals surface area contributed by atoms with Crippen molar-refractivity contribution < 1.29 is 14.3 Å². The molecule has 0 aliphatic heterocycles. The van der Waals surface area contributed by atoms with Crippen LogP contribution in [0.4, 0.5) is 5.69 Å². The molecule has 0 aliphatic rings. The van der Waals surface area contributed by atoms with E-state index in [0.29, 0.717) is 28.0 Å². The Morgan fingerprint density at radius 2 is 1.73 bits per heavy atom. The van der Waals surface area contributed by atoms with Gasteiger partial charge in [-0.05, 0) is 43.3 Å². The number of para-hydroxylation sites is 2. The van der Waals surface area contributed by atoms with Crippen molar-refractivity contribution in [3.8, 4) is 22.8 Å². The van der Waals surface area contributed by atoms with Crippen LogP contribution in [0.5, 0.6) is 5.75 Å². The molecular formula is C25H22N4O3S. The molecule has 1 N–H and O–H groups in total. The standard InChI is InChI=1S/C25H22N4O3S/c1-17(30)18-9-8-10-19(15-18)26-23(31)16-33-25-28-27-24(21-13-6-7-14-22(21)32-2)29(25)20-11-4-3-5-12-20/h3-15H,16H2,1-2H3,(H,26,31). The highest BCUT2D eigenvalue weighted by atomic mass is 32.2. The number of amides is 1. The molecular weight excluding hydrogens is 436 g/mol. The van der Waals surface area contributed by atoms with Crippen molar-refractivity contribution in [2.75, 3.05) is 18.2 Å². The number of carbonyl (C=O) groups excluding carboxylic acids is 2. The zero-order valence-corrected chi connectivity index (χ0v) is 19.0. The first-order valence-electron chi connectivity index (χ1n) is 10.2. The molecule has 1 amide bonds. The first kappa shape index (κ1) is 22.3. The Balaban J connectivity index is 1.59. The number of anilines is 1. The summed E-state index contributed by atoms with van der Waals surface area (Å²) in [5, 5.41) is 12.2. The fourth-order valence-corrected chi connectivity index (χ4v) is 4.07. The molecule has 0 aliphatic carbocycles. The van der Waals surface area contributed by atoms with Crippen molar-refractivity contribution in [2.45, 2.75) is 12.1 Å². The molecule has 0 fully saturated rings. The molecule has 0 saturated heterocycles. The molecule has 0 spiro atoms. The summed E-state index contributed by atoms with van der Waals surface area (Å²) in [6.07, 6.45) is 0. The molecule has 4 aromatic rings. The Morgan fingerprint density at radius 3 is 2.48 bits per heavy atom. The van der Waals surface area contributed by atoms with Gasteiger partial charge in [0.15, 0.2) is 16.8 Å². The average Bonchev–Trinajstić information content (AvgIpc) is 3.27. The number of nitrogens with zero attached hydrogens (tertiary/aromatic N) is 3. The number of ketones is 1. The van der Waals surface area contributed by atoms with E-state index in [9.17, 15) is 9.59 Å². The Kier molecular flexibility index (Phi) is 6.85. The quantitative estimate of drug-likeness (QED) is 0.299. The molecule has 8 heteroatoms. The summed E-state index contributed by atoms with van der Waals surface area (Å²) in [6, 6.07) is 24.2. The van der Waals surface area contributed by atoms with Gasteiger partial charge in [-0.25, -0.2) is 0 Å². The van der Waals surface area contributed by atoms with Crippen LogP contribution in [0, 0.1) is 0 Å². The number of ether oxygens (including phenoxy) is 1. The second kappa shape index (κ2) is 10.1. The van der Waals surface area contributed by atoms with E-state index in [2.05, 4.69) is 15.5 Å². The monoisotopic (exact) mass is 458 g/mol. The fraction of sp³-hybridized carbons (Fsp3) is 0.120. The minimum atomic E-state index is -0.206. The number of hydrogen-bond donors (Lipinski definition) is 1. The lowest BCUT2D eigenvalue weighted by Gasteiger charge is -2.12. The first-order chi connectivity index (χ1) is 16.1. The van der Waals surface area contributed by atoms with Gasteiger partial charge in [0.25, 0.3) is 0 Å². The van der Waals surface area contributed by atoms with Crippen molar-refractivity contribution in [2.24, 2.45) is 0 Å². The molecule has 7 nitrogen and oxygen atoms in total. The van der Waals surface area contributed by atoms with Gasteiger partial charge < -0.3 is 10.1 Å². The van der Waals surface area contributed by atoms with E-state index >= 15 is 0 Å². The van der Waals surface area contributed by atoms with Gasteiger partial charge in [0.1, 0.15) is 5.75 Å². The Labute approximate surface area is 195 Å². The minimum absolute atomic E-state index is 0.0553. The number of rotatable bonds is 8. The largest absolute Gasteiger partial charge is 0.496 e. The Hall–Kier alpha value is -3.91. The van der Waals surface area contributed by atoms with Crippen LogP contribution in [0.1, 0.15) is 17.3 Å². The molecule has 166 valence electrons. The van der Waals surface area contributed by atoms with Gasteiger partial charge in [0.05, 0.1) is 18.4 Å². The van der Waals surface area contributed by atoms with Crippen molar-refractivity contribution in [3.63, 3.8) is 0 Å². The minimum Gasteiger partial charge on any atom is -0.496 e. The van der Waals surface area contributed by atoms with Gasteiger partial charge >= 0.3 is 0 Å². The summed E-state index contributed by atoms with van der Waals surface area (Å²) < 4.78 is 7.42. The predicted molar refractivity (Wildman–Crippen MR) is 129 cm³/mol. The third-order valence-corrected chi connectivity index (χ3v) is 5.81. The number of methoxy groups -OCH3 is 1. The lowest BCUT2D eigenvalue weighted by Crippen LogP contribution is -2.15. The second-order valence-corrected chi connectivity index (χ2v) is 8.09. The Morgan fingerprint density at radius 1 is 0.970 bits per heavy atom. The maximum atomic E-state index is 12.6. The van der Waals surface area contributed by atoms with Gasteiger partial charge in [-0.2, -0.15) is 0 Å². The highest BCUT2D eigenvalue weighted by molar-refractivity contribution is 7.99. The van der Waals surface area contributed by atoms with Crippen LogP contribution in [0.2, 0.25) is 0 Å². The Bertz CT molecular complexity index is 1290. The normalized spacial score (nSPS) is 10.6. The van der Waals surface area contributed by atoms with E-state index in [1.54, 1.807) is 31.4 Å². The molecule has 0 radical (unpaired) electrons. The third-order valence-electron chi connectivity index (χ3n) is 4.88. The van der Waals surface area contributed by atoms with Crippen LogP contribution in [-0.4, -0.2) is 39.3 Å². The SMILES string of the molecule is COc1ccccc1-c1nnc(SCC(=O)Nc2cccc(C(C)=O)c2)n1-c1ccccc1. The number of hydrogen-bond acceptors (Lipinski definition) is 6. The van der Waals surface area contributed by atoms with Crippen molar-refractivity contribution in [3.05, 3.63) is 84.4 Å². The number of thioether (sulfide) groups is 1. The topological polar surface area (TPSA) is 86.1 Å². The number of nitrogens with one attached hydrogen (secondary N) is 1. The summed E-state index contributed by atoms with van der Waals surface area (Å²) in [5.74, 6) is 1.17. The molecule has 4 rings (SSSR count). The fourth-order valence-electron chi connectivity index (χ4n) is 3.32. The highest BCUT2D eigenvalue weighted by Crippen LogP contribution is 2.33. The first-order valence-corrected chi connectivity index (χ1v) is 11.2. The van der Waals surface area contributed by atoms with Gasteiger partial charge in [-0.15, -0.1) is 10.2 Å². The second-order valence-electron chi connectivity index (χ2n) is 7.15. The summed E-state index contributed by atoms with van der Waals surface area (Å²) in [7, 11) is 1.61. The number of Topliss-reactive ketones (excluding diaryl/α,β-unsaturated/α-hetero) is 1. The molecule has 33 heavy (non-hydrogen) atoms. The van der Waals surface area contributed by atoms with E-state index in [4.69, 9.17) is 4.74 Å². The van der Waals surface area contributed by atoms with E-state index < -0.39 is 0 Å². The lowest BCUT2D eigenvalue weighted by atomic mass is 10.1. The highest BCUT2D eigenvalue weighted by Gasteiger charge is 2.19. The summed E-state index contributed by atoms with van der Waals surface area (Å²) in [4.78, 5) is 24.2. The van der Waals surface area contributed by atoms with E-state index in [1.807, 2.05) is 59.2 Å². The summed E-state index contributed by atoms with van der Waals surface area (Å²) in [6.45, 7) is 1.49. The van der Waals surface area contributed by atoms with Gasteiger partial charge in [0, 0.05) is 16.9 Å². The molecule has 0 bridgehead atoms. The van der Waals surface area contributed by atoms with Gasteiger partial charge in [-0.3, -0.25) is 14.2 Å². The van der Waals surface area contributed by atoms with Crippen molar-refractivity contribution in [1.82, 2.24) is 14.8 Å². The van der Waals surface area contributed by atoms with Crippen LogP contribution >= 0.6 is 11.8 Å². The molecule has 3 aromatic carbocycles. The summed E-state index contributed by atoms with van der Waals surface area (Å²) >= 11 is 1.28. The van der Waals surface area contributed by atoms with E-state index in [1.165, 1.54) is 18.7 Å². The maximum absolute atomic E-state index is 12.6. The molecule has 1 aromatic heterocycles. The zero-order valence-electron chi connectivity index (χ0n) is 18.2. The molecule has 0 unspecified atom stereocenters. The summed E-state index contributed by atoms with van der Waals surface area (Å²) in [5.41, 5.74) is 2.80. The lowest BCUT2D eigenvalue weighted by molar-refractivity contribution is -0.113. The smallest absolute Gasteiger partial charge is 0.234 e.